The number of anilines is 3. The Kier molecular flexibility index (Phi) is 5.28. The Morgan fingerprint density at radius 2 is 1.95 bits per heavy atom. The van der Waals surface area contributed by atoms with Crippen molar-refractivity contribution in [1.29, 1.82) is 0 Å². The maximum Gasteiger partial charge on any atom is 0.231 e. The third-order valence-electron chi connectivity index (χ3n) is 2.24. The number of carbonyl (C=O) groups is 1. The fourth-order valence-corrected chi connectivity index (χ4v) is 1.44. The van der Waals surface area contributed by atoms with E-state index in [-0.39, 0.29) is 18.4 Å². The highest BCUT2D eigenvalue weighted by Crippen LogP contribution is 2.12. The topological polar surface area (TPSA) is 109 Å². The van der Waals surface area contributed by atoms with Gasteiger partial charge in [0, 0.05) is 33.1 Å². The van der Waals surface area contributed by atoms with Crippen molar-refractivity contribution in [3.63, 3.8) is 0 Å². The summed E-state index contributed by atoms with van der Waals surface area (Å²) in [6, 6.07) is -0.135. The van der Waals surface area contributed by atoms with Crippen molar-refractivity contribution in [2.45, 2.75) is 26.3 Å². The highest BCUT2D eigenvalue weighted by Gasteiger charge is 2.11. The van der Waals surface area contributed by atoms with Crippen LogP contribution < -0.4 is 21.3 Å². The standard InChI is InChI=1S/C11H21N7O/c1-5-13-9-15-10(14-7(2)6-8(12)19)17-11(16-9)18(3)4/h7H,5-6H2,1-4H3,(H2,12,19)(H2,13,14,15,16,17). The molecular weight excluding hydrogens is 246 g/mol. The Morgan fingerprint density at radius 1 is 1.32 bits per heavy atom. The summed E-state index contributed by atoms with van der Waals surface area (Å²) in [7, 11) is 3.70. The zero-order chi connectivity index (χ0) is 14.4. The molecule has 0 bridgehead atoms. The number of carbonyl (C=O) groups excluding carboxylic acids is 1. The molecule has 1 heterocycles. The van der Waals surface area contributed by atoms with Gasteiger partial charge in [0.05, 0.1) is 0 Å². The lowest BCUT2D eigenvalue weighted by Gasteiger charge is -2.16. The Hall–Kier alpha value is -2.12. The minimum Gasteiger partial charge on any atom is -0.370 e. The van der Waals surface area contributed by atoms with Crippen molar-refractivity contribution in [2.75, 3.05) is 36.2 Å². The van der Waals surface area contributed by atoms with Gasteiger partial charge in [-0.15, -0.1) is 0 Å². The van der Waals surface area contributed by atoms with Crippen LogP contribution >= 0.6 is 0 Å². The molecule has 0 aliphatic heterocycles. The number of hydrogen-bond acceptors (Lipinski definition) is 7. The van der Waals surface area contributed by atoms with Gasteiger partial charge in [0.15, 0.2) is 0 Å². The van der Waals surface area contributed by atoms with Crippen molar-refractivity contribution in [2.24, 2.45) is 5.73 Å². The first kappa shape index (κ1) is 14.9. The van der Waals surface area contributed by atoms with Crippen LogP contribution in [0.5, 0.6) is 0 Å². The zero-order valence-corrected chi connectivity index (χ0v) is 11.8. The average Bonchev–Trinajstić information content (AvgIpc) is 2.27. The molecule has 0 aliphatic rings. The molecule has 0 aromatic carbocycles. The highest BCUT2D eigenvalue weighted by molar-refractivity contribution is 5.74. The van der Waals surface area contributed by atoms with Crippen LogP contribution in [0, 0.1) is 0 Å². The number of rotatable bonds is 7. The molecule has 1 aromatic heterocycles. The summed E-state index contributed by atoms with van der Waals surface area (Å²) in [5.74, 6) is 1.09. The molecule has 8 nitrogen and oxygen atoms in total. The lowest BCUT2D eigenvalue weighted by molar-refractivity contribution is -0.118. The molecule has 1 atom stereocenters. The van der Waals surface area contributed by atoms with Crippen molar-refractivity contribution in [3.05, 3.63) is 0 Å². The summed E-state index contributed by atoms with van der Waals surface area (Å²) in [6.45, 7) is 4.52. The second-order valence-corrected chi connectivity index (χ2v) is 4.42. The van der Waals surface area contributed by atoms with Gasteiger partial charge < -0.3 is 21.3 Å². The molecular formula is C11H21N7O. The van der Waals surface area contributed by atoms with Crippen molar-refractivity contribution < 1.29 is 4.79 Å². The molecule has 1 amide bonds. The summed E-state index contributed by atoms with van der Waals surface area (Å²) < 4.78 is 0. The van der Waals surface area contributed by atoms with Crippen LogP contribution in [0.3, 0.4) is 0 Å². The molecule has 1 aromatic rings. The molecule has 1 rings (SSSR count). The van der Waals surface area contributed by atoms with E-state index in [2.05, 4.69) is 25.6 Å². The van der Waals surface area contributed by atoms with Crippen LogP contribution in [-0.4, -0.2) is 47.5 Å². The smallest absolute Gasteiger partial charge is 0.231 e. The second kappa shape index (κ2) is 6.72. The van der Waals surface area contributed by atoms with Crippen molar-refractivity contribution >= 4 is 23.8 Å². The molecule has 0 radical (unpaired) electrons. The van der Waals surface area contributed by atoms with Gasteiger partial charge in [-0.1, -0.05) is 0 Å². The van der Waals surface area contributed by atoms with Gasteiger partial charge in [0.2, 0.25) is 23.8 Å². The summed E-state index contributed by atoms with van der Waals surface area (Å²) in [4.78, 5) is 25.4. The minimum absolute atomic E-state index is 0.135. The van der Waals surface area contributed by atoms with Gasteiger partial charge in [-0.05, 0) is 13.8 Å². The first-order chi connectivity index (χ1) is 8.92. The van der Waals surface area contributed by atoms with Crippen LogP contribution in [0.2, 0.25) is 0 Å². The van der Waals surface area contributed by atoms with Crippen LogP contribution in [0.25, 0.3) is 0 Å². The van der Waals surface area contributed by atoms with Gasteiger partial charge in [0.25, 0.3) is 0 Å². The third kappa shape index (κ3) is 4.94. The number of nitrogens with two attached hydrogens (primary N) is 1. The number of amides is 1. The van der Waals surface area contributed by atoms with Crippen LogP contribution in [-0.2, 0) is 4.79 Å². The summed E-state index contributed by atoms with van der Waals surface area (Å²) in [6.07, 6.45) is 0.222. The normalized spacial score (nSPS) is 11.8. The van der Waals surface area contributed by atoms with E-state index < -0.39 is 0 Å². The molecule has 0 aliphatic carbocycles. The molecule has 0 fully saturated rings. The van der Waals surface area contributed by atoms with E-state index >= 15 is 0 Å². The largest absolute Gasteiger partial charge is 0.370 e. The molecule has 19 heavy (non-hydrogen) atoms. The van der Waals surface area contributed by atoms with E-state index in [4.69, 9.17) is 5.73 Å². The number of nitrogens with zero attached hydrogens (tertiary/aromatic N) is 4. The summed E-state index contributed by atoms with van der Waals surface area (Å²) in [5.41, 5.74) is 5.15. The predicted octanol–water partition coefficient (Wildman–Crippen LogP) is 0.0452. The number of hydrogen-bond donors (Lipinski definition) is 3. The monoisotopic (exact) mass is 267 g/mol. The van der Waals surface area contributed by atoms with E-state index in [0.29, 0.717) is 24.4 Å². The first-order valence-corrected chi connectivity index (χ1v) is 6.14. The fraction of sp³-hybridized carbons (Fsp3) is 0.636. The molecule has 0 saturated heterocycles. The third-order valence-corrected chi connectivity index (χ3v) is 2.24. The maximum absolute atomic E-state index is 10.9. The van der Waals surface area contributed by atoms with Gasteiger partial charge in [0.1, 0.15) is 0 Å². The van der Waals surface area contributed by atoms with Gasteiger partial charge in [-0.3, -0.25) is 4.79 Å². The van der Waals surface area contributed by atoms with Crippen LogP contribution in [0.1, 0.15) is 20.3 Å². The lowest BCUT2D eigenvalue weighted by atomic mass is 10.2. The fourth-order valence-electron chi connectivity index (χ4n) is 1.44. The number of primary amides is 1. The maximum atomic E-state index is 10.9. The quantitative estimate of drug-likeness (QED) is 0.640. The number of nitrogens with one attached hydrogen (secondary N) is 2. The van der Waals surface area contributed by atoms with E-state index in [0.717, 1.165) is 0 Å². The zero-order valence-electron chi connectivity index (χ0n) is 11.8. The number of aromatic nitrogens is 3. The summed E-state index contributed by atoms with van der Waals surface area (Å²) in [5, 5.41) is 6.07. The SMILES string of the molecule is CCNc1nc(NC(C)CC(N)=O)nc(N(C)C)n1. The van der Waals surface area contributed by atoms with Gasteiger partial charge in [-0.2, -0.15) is 15.0 Å². The van der Waals surface area contributed by atoms with Crippen molar-refractivity contribution in [3.8, 4) is 0 Å². The highest BCUT2D eigenvalue weighted by atomic mass is 16.1. The predicted molar refractivity (Wildman–Crippen MR) is 75.2 cm³/mol. The minimum atomic E-state index is -0.367. The van der Waals surface area contributed by atoms with Crippen LogP contribution in [0.4, 0.5) is 17.8 Å². The van der Waals surface area contributed by atoms with E-state index in [1.54, 1.807) is 4.90 Å². The molecule has 4 N–H and O–H groups in total. The van der Waals surface area contributed by atoms with Crippen molar-refractivity contribution in [1.82, 2.24) is 15.0 Å². The van der Waals surface area contributed by atoms with E-state index in [1.807, 2.05) is 27.9 Å². The Bertz CT molecular complexity index is 435. The lowest BCUT2D eigenvalue weighted by Crippen LogP contribution is -2.26. The van der Waals surface area contributed by atoms with Gasteiger partial charge >= 0.3 is 0 Å². The van der Waals surface area contributed by atoms with Gasteiger partial charge in [-0.25, -0.2) is 0 Å². The molecule has 8 heteroatoms. The van der Waals surface area contributed by atoms with Crippen LogP contribution in [0.15, 0.2) is 0 Å². The Balaban J connectivity index is 2.89. The average molecular weight is 267 g/mol. The molecule has 0 saturated carbocycles. The Morgan fingerprint density at radius 3 is 2.47 bits per heavy atom. The molecule has 106 valence electrons. The second-order valence-electron chi connectivity index (χ2n) is 4.42. The molecule has 1 unspecified atom stereocenters. The summed E-state index contributed by atoms with van der Waals surface area (Å²) >= 11 is 0. The van der Waals surface area contributed by atoms with E-state index in [9.17, 15) is 4.79 Å². The molecule has 0 spiro atoms. The Labute approximate surface area is 112 Å². The first-order valence-electron chi connectivity index (χ1n) is 6.14. The van der Waals surface area contributed by atoms with E-state index in [1.165, 1.54) is 0 Å².